The Kier molecular flexibility index (Phi) is 5.52. The smallest absolute Gasteiger partial charge is 0.172 e. The van der Waals surface area contributed by atoms with Crippen LogP contribution in [0.15, 0.2) is 158 Å². The summed E-state index contributed by atoms with van der Waals surface area (Å²) in [5.74, 6) is 0. The molecule has 1 unspecified atom stereocenters. The van der Waals surface area contributed by atoms with Gasteiger partial charge in [0, 0.05) is 38.3 Å². The zero-order valence-corrected chi connectivity index (χ0v) is 26.1. The lowest BCUT2D eigenvalue weighted by atomic mass is 9.98. The quantitative estimate of drug-likeness (QED) is 0.113. The Morgan fingerprint density at radius 1 is 0.468 bits per heavy atom. The Morgan fingerprint density at radius 2 is 1.19 bits per heavy atom. The molecule has 10 rings (SSSR count). The molecule has 0 aliphatic rings. The van der Waals surface area contributed by atoms with Gasteiger partial charge in [0.2, 0.25) is 0 Å². The Balaban J connectivity index is 1.30. The van der Waals surface area contributed by atoms with Crippen LogP contribution >= 0.6 is 7.14 Å². The van der Waals surface area contributed by atoms with E-state index in [1.165, 1.54) is 10.8 Å². The van der Waals surface area contributed by atoms with Gasteiger partial charge in [-0.25, -0.2) is 4.98 Å². The van der Waals surface area contributed by atoms with E-state index >= 15 is 4.57 Å². The van der Waals surface area contributed by atoms with Crippen molar-refractivity contribution in [1.29, 1.82) is 0 Å². The Bertz CT molecular complexity index is 2950. The number of nitrogens with zero attached hydrogens (tertiary/aromatic N) is 3. The van der Waals surface area contributed by atoms with Crippen LogP contribution in [-0.2, 0) is 4.57 Å². The highest BCUT2D eigenvalue weighted by molar-refractivity contribution is 7.85. The Labute approximate surface area is 269 Å². The molecular weight excluding hydrogens is 593 g/mol. The monoisotopic (exact) mass is 619 g/mol. The molecule has 0 spiro atoms. The Hall–Kier alpha value is -5.83. The van der Waals surface area contributed by atoms with Gasteiger partial charge in [0.25, 0.3) is 0 Å². The third-order valence-electron chi connectivity index (χ3n) is 9.61. The summed E-state index contributed by atoms with van der Waals surface area (Å²) < 4.78 is 17.9. The number of benzene rings is 7. The lowest BCUT2D eigenvalue weighted by molar-refractivity contribution is 0.592. The second-order valence-corrected chi connectivity index (χ2v) is 15.0. The van der Waals surface area contributed by atoms with Crippen molar-refractivity contribution in [3.05, 3.63) is 158 Å². The topological polar surface area (TPSA) is 47.3 Å². The van der Waals surface area contributed by atoms with Crippen molar-refractivity contribution in [3.63, 3.8) is 0 Å². The number of pyridine rings is 2. The summed E-state index contributed by atoms with van der Waals surface area (Å²) in [7, 11) is -3.27. The van der Waals surface area contributed by atoms with Crippen LogP contribution < -0.4 is 15.9 Å². The normalized spacial score (nSPS) is 13.4. The first-order chi connectivity index (χ1) is 23.2. The second kappa shape index (κ2) is 9.83. The van der Waals surface area contributed by atoms with Gasteiger partial charge in [-0.15, -0.1) is 0 Å². The molecule has 4 nitrogen and oxygen atoms in total. The number of aromatic nitrogens is 3. The minimum Gasteiger partial charge on any atom is -0.309 e. The van der Waals surface area contributed by atoms with Gasteiger partial charge in [0.05, 0.1) is 22.1 Å². The maximum atomic E-state index is 15.6. The predicted molar refractivity (Wildman–Crippen MR) is 197 cm³/mol. The minimum atomic E-state index is -3.27. The SMILES string of the molecule is O=P(c1ccccc1)(c1ccc2cc3c(cc2c1)c1ccc2ccccc2c1c1nc2ccccc2n31)c1cnc2ccccc2c1. The maximum absolute atomic E-state index is 15.6. The number of fused-ring (bicyclic) bond motifs is 12. The van der Waals surface area contributed by atoms with Gasteiger partial charge in [-0.1, -0.05) is 109 Å². The van der Waals surface area contributed by atoms with Crippen molar-refractivity contribution >= 4 is 93.9 Å². The minimum absolute atomic E-state index is 0.728. The summed E-state index contributed by atoms with van der Waals surface area (Å²) >= 11 is 0. The van der Waals surface area contributed by atoms with Crippen molar-refractivity contribution < 1.29 is 4.57 Å². The van der Waals surface area contributed by atoms with E-state index in [9.17, 15) is 0 Å². The molecule has 7 aromatic carbocycles. The first-order valence-electron chi connectivity index (χ1n) is 15.8. The summed E-state index contributed by atoms with van der Waals surface area (Å²) in [6.45, 7) is 0. The molecule has 0 saturated heterocycles. The molecule has 0 bridgehead atoms. The van der Waals surface area contributed by atoms with Gasteiger partial charge in [0.15, 0.2) is 7.14 Å². The van der Waals surface area contributed by atoms with Crippen LogP contribution in [0.1, 0.15) is 0 Å². The highest BCUT2D eigenvalue weighted by Gasteiger charge is 2.31. The third-order valence-corrected chi connectivity index (χ3v) is 12.6. The van der Waals surface area contributed by atoms with Gasteiger partial charge in [-0.2, -0.15) is 0 Å². The first kappa shape index (κ1) is 26.4. The van der Waals surface area contributed by atoms with Crippen LogP contribution in [0.3, 0.4) is 0 Å². The molecule has 0 aliphatic heterocycles. The average molecular weight is 620 g/mol. The maximum Gasteiger partial charge on any atom is 0.172 e. The number of imidazole rings is 1. The fourth-order valence-corrected chi connectivity index (χ4v) is 9.99. The zero-order chi connectivity index (χ0) is 31.1. The van der Waals surface area contributed by atoms with E-state index in [1.54, 1.807) is 6.20 Å². The van der Waals surface area contributed by atoms with Crippen molar-refractivity contribution in [2.75, 3.05) is 0 Å². The van der Waals surface area contributed by atoms with Gasteiger partial charge in [-0.3, -0.25) is 9.38 Å². The summed E-state index contributed by atoms with van der Waals surface area (Å²) in [4.78, 5) is 9.91. The first-order valence-corrected chi connectivity index (χ1v) is 17.5. The molecule has 0 radical (unpaired) electrons. The van der Waals surface area contributed by atoms with Crippen LogP contribution in [0, 0.1) is 0 Å². The summed E-state index contributed by atoms with van der Waals surface area (Å²) in [5, 5.41) is 11.2. The molecule has 0 saturated carbocycles. The van der Waals surface area contributed by atoms with Crippen LogP contribution in [-0.4, -0.2) is 14.4 Å². The zero-order valence-electron chi connectivity index (χ0n) is 25.2. The fraction of sp³-hybridized carbons (Fsp3) is 0. The van der Waals surface area contributed by atoms with Gasteiger partial charge < -0.3 is 4.57 Å². The lowest BCUT2D eigenvalue weighted by Gasteiger charge is -2.21. The fourth-order valence-electron chi connectivity index (χ4n) is 7.36. The van der Waals surface area contributed by atoms with Crippen molar-refractivity contribution in [1.82, 2.24) is 14.4 Å². The van der Waals surface area contributed by atoms with E-state index in [4.69, 9.17) is 9.97 Å². The average Bonchev–Trinajstić information content (AvgIpc) is 3.53. The second-order valence-electron chi connectivity index (χ2n) is 12.2. The summed E-state index contributed by atoms with van der Waals surface area (Å²) in [6.07, 6.45) is 1.79. The molecule has 0 fully saturated rings. The molecule has 5 heteroatoms. The molecule has 0 N–H and O–H groups in total. The van der Waals surface area contributed by atoms with Crippen molar-refractivity contribution in [2.24, 2.45) is 0 Å². The molecule has 10 aromatic rings. The van der Waals surface area contributed by atoms with E-state index in [2.05, 4.69) is 83.3 Å². The predicted octanol–water partition coefficient (Wildman–Crippen LogP) is 9.29. The van der Waals surface area contributed by atoms with Crippen LogP contribution in [0.25, 0.3) is 70.8 Å². The molecular formula is C42H26N3OP. The van der Waals surface area contributed by atoms with Crippen molar-refractivity contribution in [3.8, 4) is 0 Å². The van der Waals surface area contributed by atoms with E-state index in [1.807, 2.05) is 72.8 Å². The standard InChI is InChI=1S/C42H26N3OP/c46-47(31-12-2-1-3-13-31,33-22-29-11-5-7-15-37(29)43-26-33)32-20-18-28-25-40-36(24-30(28)23-32)35-21-19-27-10-4-6-14-34(27)41(35)42-44-38-16-8-9-17-39(38)45(40)42/h1-26H. The molecule has 0 aliphatic carbocycles. The number of hydrogen-bond acceptors (Lipinski definition) is 3. The van der Waals surface area contributed by atoms with Gasteiger partial charge >= 0.3 is 0 Å². The number of hydrogen-bond donors (Lipinski definition) is 0. The summed E-state index contributed by atoms with van der Waals surface area (Å²) in [6, 6.07) is 52.0. The lowest BCUT2D eigenvalue weighted by Crippen LogP contribution is -2.25. The van der Waals surface area contributed by atoms with E-state index < -0.39 is 7.14 Å². The number of rotatable bonds is 3. The molecule has 1 atom stereocenters. The largest absolute Gasteiger partial charge is 0.309 e. The van der Waals surface area contributed by atoms with Crippen molar-refractivity contribution in [2.45, 2.75) is 0 Å². The highest BCUT2D eigenvalue weighted by atomic mass is 31.2. The Morgan fingerprint density at radius 3 is 2.09 bits per heavy atom. The van der Waals surface area contributed by atoms with Gasteiger partial charge in [0.1, 0.15) is 5.65 Å². The van der Waals surface area contributed by atoms with E-state index in [0.717, 1.165) is 75.9 Å². The van der Waals surface area contributed by atoms with Crippen LogP contribution in [0.4, 0.5) is 0 Å². The molecule has 0 amide bonds. The molecule has 3 heterocycles. The van der Waals surface area contributed by atoms with Gasteiger partial charge in [-0.05, 0) is 69.4 Å². The van der Waals surface area contributed by atoms with E-state index in [0.29, 0.717) is 0 Å². The van der Waals surface area contributed by atoms with Crippen LogP contribution in [0.5, 0.6) is 0 Å². The third kappa shape index (κ3) is 3.80. The van der Waals surface area contributed by atoms with E-state index in [-0.39, 0.29) is 0 Å². The van der Waals surface area contributed by atoms with Crippen LogP contribution in [0.2, 0.25) is 0 Å². The molecule has 47 heavy (non-hydrogen) atoms. The summed E-state index contributed by atoms with van der Waals surface area (Å²) in [5.41, 5.74) is 4.99. The number of para-hydroxylation sites is 3. The highest BCUT2D eigenvalue weighted by Crippen LogP contribution is 2.44. The molecule has 220 valence electrons. The molecule has 3 aromatic heterocycles.